The van der Waals surface area contributed by atoms with Gasteiger partial charge in [-0.25, -0.2) is 32.3 Å². The van der Waals surface area contributed by atoms with Crippen molar-refractivity contribution in [3.05, 3.63) is 157 Å². The Morgan fingerprint density at radius 3 is 2.27 bits per heavy atom. The van der Waals surface area contributed by atoms with Crippen LogP contribution in [0.25, 0.3) is 5.69 Å². The van der Waals surface area contributed by atoms with Crippen molar-refractivity contribution in [2.24, 2.45) is 5.92 Å². The Balaban J connectivity index is 1.39. The molecule has 5 aromatic rings. The molecule has 2 aliphatic heterocycles. The lowest BCUT2D eigenvalue weighted by Crippen LogP contribution is -2.53. The highest BCUT2D eigenvalue weighted by Crippen LogP contribution is 2.62. The van der Waals surface area contributed by atoms with Gasteiger partial charge in [0.25, 0.3) is 11.8 Å². The van der Waals surface area contributed by atoms with E-state index >= 15 is 9.18 Å². The first-order valence-electron chi connectivity index (χ1n) is 15.5. The highest BCUT2D eigenvalue weighted by molar-refractivity contribution is 6.30. The molecule has 10 nitrogen and oxygen atoms in total. The smallest absolute Gasteiger partial charge is 0.352 e. The molecule has 1 saturated carbocycles. The fourth-order valence-electron chi connectivity index (χ4n) is 7.82. The third-order valence-corrected chi connectivity index (χ3v) is 10.1. The van der Waals surface area contributed by atoms with Gasteiger partial charge >= 0.3 is 11.4 Å². The number of carbonyl (C=O) groups is 2. The predicted octanol–water partition coefficient (Wildman–Crippen LogP) is 5.06. The van der Waals surface area contributed by atoms with E-state index in [0.717, 1.165) is 15.6 Å². The van der Waals surface area contributed by atoms with Gasteiger partial charge in [0.15, 0.2) is 11.6 Å². The van der Waals surface area contributed by atoms with Crippen LogP contribution in [0.5, 0.6) is 5.75 Å². The minimum absolute atomic E-state index is 0.0204. The summed E-state index contributed by atoms with van der Waals surface area (Å²) in [5.41, 5.74) is 1.23. The molecule has 3 heterocycles. The molecule has 49 heavy (non-hydrogen) atoms. The van der Waals surface area contributed by atoms with Gasteiger partial charge < -0.3 is 5.11 Å². The second-order valence-corrected chi connectivity index (χ2v) is 12.7. The monoisotopic (exact) mass is 681 g/mol. The lowest BCUT2D eigenvalue weighted by molar-refractivity contribution is -0.138. The molecule has 1 aromatic heterocycles. The number of aromatic hydroxyl groups is 1. The van der Waals surface area contributed by atoms with Crippen LogP contribution in [-0.4, -0.2) is 35.9 Å². The molecule has 0 spiro atoms. The maximum atomic E-state index is 15.2. The van der Waals surface area contributed by atoms with Crippen molar-refractivity contribution in [1.29, 1.82) is 0 Å². The minimum atomic E-state index is -1.78. The number of carbonyl (C=O) groups excluding carboxylic acids is 2. The molecule has 0 radical (unpaired) electrons. The molecule has 2 fully saturated rings. The maximum absolute atomic E-state index is 15.2. The molecule has 8 rings (SSSR count). The predicted molar refractivity (Wildman–Crippen MR) is 175 cm³/mol. The summed E-state index contributed by atoms with van der Waals surface area (Å²) in [7, 11) is 0. The molecular weight excluding hydrogens is 656 g/mol. The second kappa shape index (κ2) is 11.2. The van der Waals surface area contributed by atoms with Crippen LogP contribution >= 0.6 is 11.6 Å². The Morgan fingerprint density at radius 1 is 0.837 bits per heavy atom. The second-order valence-electron chi connectivity index (χ2n) is 12.3. The van der Waals surface area contributed by atoms with Crippen molar-refractivity contribution in [3.8, 4) is 11.4 Å². The number of phenolic OH excluding ortho intramolecular Hbond substituents is 1. The molecule has 246 valence electrons. The first-order valence-corrected chi connectivity index (χ1v) is 15.8. The number of imide groups is 1. The van der Waals surface area contributed by atoms with Crippen LogP contribution in [0.3, 0.4) is 0 Å². The number of anilines is 1. The molecule has 13 heteroatoms. The number of nitrogens with one attached hydrogen (secondary N) is 1. The van der Waals surface area contributed by atoms with Crippen LogP contribution in [0.2, 0.25) is 5.02 Å². The number of halogens is 3. The van der Waals surface area contributed by atoms with E-state index in [1.54, 1.807) is 60.7 Å². The molecular formula is C36H26ClF2N5O5. The van der Waals surface area contributed by atoms with E-state index in [4.69, 9.17) is 11.6 Å². The lowest BCUT2D eigenvalue weighted by Gasteiger charge is -2.49. The standard InChI is InChI=1S/C36H26ClF2N5O5/c37-21-11-9-20(10-12-21)36-27(32(46)43(33(36)47)40-23-15-13-22(38)14-16-23)19-29-25(30(36)26-7-4-8-28(39)31(26)45)17-18-41-34(48)42(35(49)44(29)41)24-5-2-1-3-6-24/h1-17,27,29-30,40,45H,18-19H2/t27-,29+,30+,36+/m0/s1. The molecule has 1 saturated heterocycles. The molecule has 0 bridgehead atoms. The zero-order valence-electron chi connectivity index (χ0n) is 25.5. The van der Waals surface area contributed by atoms with Crippen LogP contribution in [-0.2, 0) is 21.5 Å². The van der Waals surface area contributed by atoms with Gasteiger partial charge in [0.1, 0.15) is 5.82 Å². The number of hydrazine groups is 1. The number of amides is 2. The van der Waals surface area contributed by atoms with Crippen LogP contribution in [0.1, 0.15) is 29.5 Å². The van der Waals surface area contributed by atoms with Crippen molar-refractivity contribution >= 4 is 29.1 Å². The first-order chi connectivity index (χ1) is 23.6. The van der Waals surface area contributed by atoms with Gasteiger partial charge in [-0.3, -0.25) is 15.0 Å². The number of benzene rings is 4. The summed E-state index contributed by atoms with van der Waals surface area (Å²) in [5.74, 6) is -5.95. The van der Waals surface area contributed by atoms with E-state index in [1.807, 2.05) is 0 Å². The maximum Gasteiger partial charge on any atom is 0.352 e. The Labute approximate surface area is 281 Å². The number of rotatable bonds is 5. The SMILES string of the molecule is O=C1[C@@H]2C[C@@H]3C(=CCn4c(=O)n(-c5ccccc5)c(=O)n43)[C@H](c3cccc(F)c3O)[C@]2(c2ccc(Cl)cc2)C(=O)N1Nc1ccc(F)cc1. The van der Waals surface area contributed by atoms with E-state index in [9.17, 15) is 23.9 Å². The Kier molecular flexibility index (Phi) is 6.97. The third kappa shape index (κ3) is 4.36. The van der Waals surface area contributed by atoms with Crippen LogP contribution in [0, 0.1) is 17.6 Å². The van der Waals surface area contributed by atoms with E-state index in [0.29, 0.717) is 21.8 Å². The fraction of sp³-hybridized carbons (Fsp3) is 0.167. The van der Waals surface area contributed by atoms with Crippen molar-refractivity contribution < 1.29 is 23.5 Å². The topological polar surface area (TPSA) is 119 Å². The highest BCUT2D eigenvalue weighted by atomic mass is 35.5. The van der Waals surface area contributed by atoms with Gasteiger partial charge in [0.05, 0.1) is 35.3 Å². The van der Waals surface area contributed by atoms with Gasteiger partial charge in [-0.1, -0.05) is 60.1 Å². The summed E-state index contributed by atoms with van der Waals surface area (Å²) in [6.07, 6.45) is 1.60. The number of hydrogen-bond acceptors (Lipinski definition) is 6. The zero-order valence-corrected chi connectivity index (χ0v) is 26.2. The van der Waals surface area contributed by atoms with Crippen LogP contribution in [0.4, 0.5) is 14.5 Å². The lowest BCUT2D eigenvalue weighted by atomic mass is 9.53. The van der Waals surface area contributed by atoms with E-state index < -0.39 is 63.9 Å². The summed E-state index contributed by atoms with van der Waals surface area (Å²) in [6.45, 7) is -0.0760. The van der Waals surface area contributed by atoms with Crippen molar-refractivity contribution in [1.82, 2.24) is 18.9 Å². The molecule has 2 N–H and O–H groups in total. The van der Waals surface area contributed by atoms with Crippen LogP contribution in [0.15, 0.2) is 118 Å². The van der Waals surface area contributed by atoms with Gasteiger partial charge in [-0.15, -0.1) is 0 Å². The summed E-state index contributed by atoms with van der Waals surface area (Å²) >= 11 is 6.28. The first kappa shape index (κ1) is 30.6. The number of hydrogen-bond donors (Lipinski definition) is 2. The largest absolute Gasteiger partial charge is 0.505 e. The quantitative estimate of drug-likeness (QED) is 0.198. The van der Waals surface area contributed by atoms with Crippen LogP contribution < -0.4 is 16.8 Å². The zero-order chi connectivity index (χ0) is 34.2. The summed E-state index contributed by atoms with van der Waals surface area (Å²) in [4.78, 5) is 57.5. The molecule has 2 amide bonds. The van der Waals surface area contributed by atoms with Gasteiger partial charge in [-0.05, 0) is 72.2 Å². The molecule has 3 aliphatic rings. The van der Waals surface area contributed by atoms with Crippen molar-refractivity contribution in [3.63, 3.8) is 0 Å². The minimum Gasteiger partial charge on any atom is -0.505 e. The van der Waals surface area contributed by atoms with E-state index in [-0.39, 0.29) is 24.2 Å². The Morgan fingerprint density at radius 2 is 1.55 bits per heavy atom. The third-order valence-electron chi connectivity index (χ3n) is 9.86. The average Bonchev–Trinajstić information content (AvgIpc) is 3.48. The normalized spacial score (nSPS) is 22.7. The molecule has 0 unspecified atom stereocenters. The van der Waals surface area contributed by atoms with Gasteiger partial charge in [0, 0.05) is 16.5 Å². The van der Waals surface area contributed by atoms with Crippen molar-refractivity contribution in [2.45, 2.75) is 30.3 Å². The van der Waals surface area contributed by atoms with Gasteiger partial charge in [-0.2, -0.15) is 5.01 Å². The number of nitrogens with zero attached hydrogens (tertiary/aromatic N) is 4. The summed E-state index contributed by atoms with van der Waals surface area (Å²) < 4.78 is 32.6. The Hall–Kier alpha value is -5.75. The summed E-state index contributed by atoms with van der Waals surface area (Å²) in [6, 6.07) is 22.9. The molecule has 4 atom stereocenters. The number of para-hydroxylation sites is 2. The number of allylic oxidation sites excluding steroid dienone is 2. The summed E-state index contributed by atoms with van der Waals surface area (Å²) in [5, 5.41) is 12.5. The fourth-order valence-corrected chi connectivity index (χ4v) is 7.95. The number of aromatic nitrogens is 3. The van der Waals surface area contributed by atoms with E-state index in [1.165, 1.54) is 45.8 Å². The van der Waals surface area contributed by atoms with E-state index in [2.05, 4.69) is 5.43 Å². The van der Waals surface area contributed by atoms with Crippen molar-refractivity contribution in [2.75, 3.05) is 5.43 Å². The number of fused-ring (bicyclic) bond motifs is 4. The number of phenols is 1. The highest BCUT2D eigenvalue weighted by Gasteiger charge is 2.69. The van der Waals surface area contributed by atoms with Gasteiger partial charge in [0.2, 0.25) is 0 Å². The molecule has 4 aromatic carbocycles. The molecule has 1 aliphatic carbocycles. The Bertz CT molecular complexity index is 2320. The average molecular weight is 682 g/mol.